The molecule has 0 saturated heterocycles. The highest BCUT2D eigenvalue weighted by Crippen LogP contribution is 2.12. The van der Waals surface area contributed by atoms with Gasteiger partial charge in [0.2, 0.25) is 5.91 Å². The molecule has 0 aliphatic rings. The molecule has 8 heteroatoms. The van der Waals surface area contributed by atoms with Crippen molar-refractivity contribution in [1.82, 2.24) is 25.0 Å². The molecule has 1 heterocycles. The Balaban J connectivity index is 1.78. The van der Waals surface area contributed by atoms with Crippen LogP contribution in [0.4, 0.5) is 4.39 Å². The molecule has 0 radical (unpaired) electrons. The van der Waals surface area contributed by atoms with Crippen molar-refractivity contribution in [2.75, 3.05) is 20.1 Å². The Hall–Kier alpha value is -2.32. The predicted octanol–water partition coefficient (Wildman–Crippen LogP) is 0.544. The lowest BCUT2D eigenvalue weighted by atomic mass is 10.1. The summed E-state index contributed by atoms with van der Waals surface area (Å²) in [7, 11) is 3.68. The van der Waals surface area contributed by atoms with E-state index in [2.05, 4.69) is 15.5 Å². The summed E-state index contributed by atoms with van der Waals surface area (Å²) in [6.45, 7) is 2.59. The van der Waals surface area contributed by atoms with Crippen molar-refractivity contribution >= 4 is 5.91 Å². The molecule has 1 aromatic carbocycles. The third-order valence-electron chi connectivity index (χ3n) is 3.75. The fraction of sp³-hybridized carbons (Fsp3) is 0.438. The molecular formula is C16H22FN5O2. The van der Waals surface area contributed by atoms with Gasteiger partial charge in [0, 0.05) is 13.6 Å². The number of nitrogens with zero attached hydrogens (tertiary/aromatic N) is 4. The molecule has 130 valence electrons. The Labute approximate surface area is 140 Å². The summed E-state index contributed by atoms with van der Waals surface area (Å²) < 4.78 is 14.7. The molecule has 0 fully saturated rings. The summed E-state index contributed by atoms with van der Waals surface area (Å²) in [5, 5.41) is 20.7. The number of aliphatic hydroxyl groups excluding tert-OH is 1. The van der Waals surface area contributed by atoms with Gasteiger partial charge in [-0.05, 0) is 31.7 Å². The van der Waals surface area contributed by atoms with Crippen LogP contribution < -0.4 is 5.32 Å². The van der Waals surface area contributed by atoms with E-state index in [0.29, 0.717) is 12.1 Å². The number of carbonyl (C=O) groups excluding carboxylic acids is 1. The lowest BCUT2D eigenvalue weighted by Gasteiger charge is -2.17. The Bertz CT molecular complexity index is 686. The van der Waals surface area contributed by atoms with Gasteiger partial charge in [-0.15, -0.1) is 10.2 Å². The zero-order valence-corrected chi connectivity index (χ0v) is 14.0. The van der Waals surface area contributed by atoms with Gasteiger partial charge >= 0.3 is 0 Å². The molecule has 0 spiro atoms. The molecule has 1 atom stereocenters. The first-order valence-corrected chi connectivity index (χ1v) is 7.60. The van der Waals surface area contributed by atoms with Crippen molar-refractivity contribution in [2.45, 2.75) is 19.6 Å². The molecule has 2 N–H and O–H groups in total. The first kappa shape index (κ1) is 18.0. The lowest BCUT2D eigenvalue weighted by Crippen LogP contribution is -2.37. The molecule has 2 aromatic rings. The molecule has 0 aliphatic heterocycles. The fourth-order valence-corrected chi connectivity index (χ4v) is 2.20. The fourth-order valence-electron chi connectivity index (χ4n) is 2.20. The molecule has 0 bridgehead atoms. The Morgan fingerprint density at radius 1 is 1.38 bits per heavy atom. The van der Waals surface area contributed by atoms with Gasteiger partial charge in [0.25, 0.3) is 0 Å². The molecule has 1 unspecified atom stereocenters. The second kappa shape index (κ2) is 7.98. The van der Waals surface area contributed by atoms with Gasteiger partial charge < -0.3 is 15.0 Å². The van der Waals surface area contributed by atoms with E-state index >= 15 is 0 Å². The van der Waals surface area contributed by atoms with Gasteiger partial charge in [-0.2, -0.15) is 0 Å². The Kier molecular flexibility index (Phi) is 5.99. The average molecular weight is 335 g/mol. The van der Waals surface area contributed by atoms with Crippen molar-refractivity contribution in [3.8, 4) is 0 Å². The largest absolute Gasteiger partial charge is 0.387 e. The first-order chi connectivity index (χ1) is 11.4. The number of aryl methyl sites for hydroxylation is 1. The number of aliphatic hydroxyl groups is 1. The number of amides is 1. The summed E-state index contributed by atoms with van der Waals surface area (Å²) in [6, 6.07) is 5.54. The molecule has 24 heavy (non-hydrogen) atoms. The zero-order valence-electron chi connectivity index (χ0n) is 14.0. The van der Waals surface area contributed by atoms with E-state index in [1.54, 1.807) is 7.05 Å². The van der Waals surface area contributed by atoms with Gasteiger partial charge in [0.05, 0.1) is 19.2 Å². The second-order valence-corrected chi connectivity index (χ2v) is 5.77. The van der Waals surface area contributed by atoms with E-state index in [0.717, 1.165) is 11.6 Å². The van der Waals surface area contributed by atoms with Crippen LogP contribution in [0.15, 0.2) is 24.3 Å². The van der Waals surface area contributed by atoms with Crippen molar-refractivity contribution in [1.29, 1.82) is 0 Å². The van der Waals surface area contributed by atoms with Crippen molar-refractivity contribution in [3.05, 3.63) is 47.3 Å². The molecule has 2 rings (SSSR count). The van der Waals surface area contributed by atoms with Crippen LogP contribution in [0.5, 0.6) is 0 Å². The molecule has 1 amide bonds. The van der Waals surface area contributed by atoms with E-state index in [1.807, 2.05) is 23.4 Å². The number of likely N-dealkylation sites (N-methyl/N-ethyl adjacent to an activating group) is 1. The summed E-state index contributed by atoms with van der Waals surface area (Å²) in [4.78, 5) is 13.8. The number of benzene rings is 1. The van der Waals surface area contributed by atoms with Crippen LogP contribution in [0.3, 0.4) is 0 Å². The van der Waals surface area contributed by atoms with Gasteiger partial charge in [-0.25, -0.2) is 4.39 Å². The van der Waals surface area contributed by atoms with Crippen LogP contribution in [0.1, 0.15) is 23.3 Å². The Morgan fingerprint density at radius 2 is 2.04 bits per heavy atom. The maximum absolute atomic E-state index is 12.8. The molecule has 7 nitrogen and oxygen atoms in total. The smallest absolute Gasteiger partial charge is 0.234 e. The van der Waals surface area contributed by atoms with Gasteiger partial charge in [0.1, 0.15) is 17.5 Å². The maximum Gasteiger partial charge on any atom is 0.234 e. The highest BCUT2D eigenvalue weighted by atomic mass is 19.1. The number of rotatable bonds is 7. The molecule has 0 saturated carbocycles. The maximum atomic E-state index is 12.8. The van der Waals surface area contributed by atoms with Crippen LogP contribution >= 0.6 is 0 Å². The van der Waals surface area contributed by atoms with E-state index in [1.165, 1.54) is 24.3 Å². The number of halogens is 1. The second-order valence-electron chi connectivity index (χ2n) is 5.77. The van der Waals surface area contributed by atoms with E-state index in [-0.39, 0.29) is 24.8 Å². The number of carbonyl (C=O) groups is 1. The standard InChI is InChI=1S/C16H22FN5O2/c1-11-19-20-15(22(11)3)9-21(2)10-16(24)18-8-14(23)12-4-6-13(17)7-5-12/h4-7,14,23H,8-10H2,1-3H3,(H,18,24). The third-order valence-corrected chi connectivity index (χ3v) is 3.75. The van der Waals surface area contributed by atoms with Crippen molar-refractivity contribution in [2.24, 2.45) is 7.05 Å². The Morgan fingerprint density at radius 3 is 2.62 bits per heavy atom. The van der Waals surface area contributed by atoms with Crippen LogP contribution in [0.25, 0.3) is 0 Å². The number of nitrogens with one attached hydrogen (secondary N) is 1. The van der Waals surface area contributed by atoms with Crippen LogP contribution in [-0.2, 0) is 18.4 Å². The van der Waals surface area contributed by atoms with Crippen molar-refractivity contribution < 1.29 is 14.3 Å². The van der Waals surface area contributed by atoms with Crippen molar-refractivity contribution in [3.63, 3.8) is 0 Å². The van der Waals surface area contributed by atoms with E-state index < -0.39 is 6.10 Å². The van der Waals surface area contributed by atoms with Crippen LogP contribution in [0.2, 0.25) is 0 Å². The molecular weight excluding hydrogens is 313 g/mol. The topological polar surface area (TPSA) is 83.3 Å². The van der Waals surface area contributed by atoms with E-state index in [9.17, 15) is 14.3 Å². The predicted molar refractivity (Wildman–Crippen MR) is 86.4 cm³/mol. The number of hydrogen-bond acceptors (Lipinski definition) is 5. The summed E-state index contributed by atoms with van der Waals surface area (Å²) in [6.07, 6.45) is -0.874. The highest BCUT2D eigenvalue weighted by Gasteiger charge is 2.13. The van der Waals surface area contributed by atoms with Crippen LogP contribution in [-0.4, -0.2) is 50.8 Å². The van der Waals surface area contributed by atoms with Crippen LogP contribution in [0, 0.1) is 12.7 Å². The normalized spacial score (nSPS) is 12.4. The van der Waals surface area contributed by atoms with E-state index in [4.69, 9.17) is 0 Å². The summed E-state index contributed by atoms with van der Waals surface area (Å²) in [5.74, 6) is 1.01. The average Bonchev–Trinajstić information content (AvgIpc) is 2.85. The quantitative estimate of drug-likeness (QED) is 0.772. The molecule has 1 aromatic heterocycles. The third kappa shape index (κ3) is 4.84. The molecule has 0 aliphatic carbocycles. The van der Waals surface area contributed by atoms with Gasteiger partial charge in [0.15, 0.2) is 0 Å². The lowest BCUT2D eigenvalue weighted by molar-refractivity contribution is -0.122. The number of hydrogen-bond donors (Lipinski definition) is 2. The minimum Gasteiger partial charge on any atom is -0.387 e. The van der Waals surface area contributed by atoms with Gasteiger partial charge in [-0.1, -0.05) is 12.1 Å². The number of aromatic nitrogens is 3. The SMILES string of the molecule is Cc1nnc(CN(C)CC(=O)NCC(O)c2ccc(F)cc2)n1C. The minimum absolute atomic E-state index is 0.0708. The highest BCUT2D eigenvalue weighted by molar-refractivity contribution is 5.78. The summed E-state index contributed by atoms with van der Waals surface area (Å²) in [5.41, 5.74) is 0.555. The van der Waals surface area contributed by atoms with Gasteiger partial charge in [-0.3, -0.25) is 9.69 Å². The first-order valence-electron chi connectivity index (χ1n) is 7.60. The zero-order chi connectivity index (χ0) is 17.7. The minimum atomic E-state index is -0.874. The summed E-state index contributed by atoms with van der Waals surface area (Å²) >= 11 is 0. The monoisotopic (exact) mass is 335 g/mol.